The Kier molecular flexibility index (Phi) is 4.50. The van der Waals surface area contributed by atoms with Gasteiger partial charge >= 0.3 is 6.09 Å². The Hall–Kier alpha value is -0.420. The van der Waals surface area contributed by atoms with E-state index in [1.165, 1.54) is 5.75 Å². The fraction of sp³-hybridized carbons (Fsp3) is 0.909. The van der Waals surface area contributed by atoms with Crippen molar-refractivity contribution in [2.45, 2.75) is 44.8 Å². The van der Waals surface area contributed by atoms with Crippen LogP contribution in [0.4, 0.5) is 4.79 Å². The van der Waals surface area contributed by atoms with Crippen molar-refractivity contribution in [2.75, 3.05) is 18.1 Å². The zero-order chi connectivity index (χ0) is 12.2. The van der Waals surface area contributed by atoms with Crippen LogP contribution in [0, 0.1) is 0 Å². The number of hydrogen-bond acceptors (Lipinski definition) is 4. The van der Waals surface area contributed by atoms with Gasteiger partial charge in [0.05, 0.1) is 0 Å². The van der Waals surface area contributed by atoms with Gasteiger partial charge < -0.3 is 15.8 Å². The lowest BCUT2D eigenvalue weighted by Crippen LogP contribution is -2.54. The van der Waals surface area contributed by atoms with Gasteiger partial charge in [0.15, 0.2) is 0 Å². The van der Waals surface area contributed by atoms with Crippen molar-refractivity contribution < 1.29 is 9.53 Å². The number of nitrogens with two attached hydrogens (primary N) is 1. The highest BCUT2D eigenvalue weighted by Crippen LogP contribution is 2.24. The van der Waals surface area contributed by atoms with Crippen molar-refractivity contribution in [2.24, 2.45) is 5.73 Å². The van der Waals surface area contributed by atoms with Crippen LogP contribution in [0.15, 0.2) is 0 Å². The number of carbonyl (C=O) groups excluding carboxylic acids is 1. The van der Waals surface area contributed by atoms with E-state index in [0.29, 0.717) is 6.54 Å². The van der Waals surface area contributed by atoms with Crippen LogP contribution in [0.1, 0.15) is 33.6 Å². The van der Waals surface area contributed by atoms with Gasteiger partial charge in [-0.1, -0.05) is 0 Å². The second-order valence-electron chi connectivity index (χ2n) is 5.37. The van der Waals surface area contributed by atoms with Gasteiger partial charge in [0.2, 0.25) is 0 Å². The molecule has 5 heteroatoms. The van der Waals surface area contributed by atoms with Gasteiger partial charge in [-0.05, 0) is 39.4 Å². The third-order valence-corrected chi connectivity index (χ3v) is 3.69. The Morgan fingerprint density at radius 2 is 2.25 bits per heavy atom. The summed E-state index contributed by atoms with van der Waals surface area (Å²) in [6.07, 6.45) is 1.71. The number of amides is 1. The molecule has 1 unspecified atom stereocenters. The van der Waals surface area contributed by atoms with Gasteiger partial charge in [0, 0.05) is 17.8 Å². The number of nitrogens with one attached hydrogen (secondary N) is 1. The summed E-state index contributed by atoms with van der Waals surface area (Å²) in [5, 5.41) is 2.75. The van der Waals surface area contributed by atoms with E-state index >= 15 is 0 Å². The highest BCUT2D eigenvalue weighted by atomic mass is 32.2. The molecule has 0 saturated carbocycles. The van der Waals surface area contributed by atoms with Gasteiger partial charge in [-0.3, -0.25) is 0 Å². The van der Waals surface area contributed by atoms with Crippen LogP contribution in [-0.4, -0.2) is 35.3 Å². The Bertz CT molecular complexity index is 245. The van der Waals surface area contributed by atoms with E-state index in [4.69, 9.17) is 10.5 Å². The lowest BCUT2D eigenvalue weighted by molar-refractivity contribution is 0.0515. The summed E-state index contributed by atoms with van der Waals surface area (Å²) in [4.78, 5) is 11.4. The van der Waals surface area contributed by atoms with Gasteiger partial charge in [0.25, 0.3) is 0 Å². The molecule has 1 fully saturated rings. The Morgan fingerprint density at radius 1 is 1.56 bits per heavy atom. The standard InChI is InChI=1S/C11H22N2O2S/c1-10(2,3)15-9(14)13-7-11(12)5-4-6-16-8-11/h4-8,12H2,1-3H3,(H,13,14). The predicted molar refractivity (Wildman–Crippen MR) is 67.7 cm³/mol. The Morgan fingerprint density at radius 3 is 2.75 bits per heavy atom. The molecule has 94 valence electrons. The zero-order valence-electron chi connectivity index (χ0n) is 10.3. The summed E-state index contributed by atoms with van der Waals surface area (Å²) >= 11 is 1.85. The predicted octanol–water partition coefficient (Wildman–Crippen LogP) is 1.74. The number of hydrogen-bond donors (Lipinski definition) is 2. The van der Waals surface area contributed by atoms with Crippen molar-refractivity contribution in [1.29, 1.82) is 0 Å². The lowest BCUT2D eigenvalue weighted by atomic mass is 9.97. The van der Waals surface area contributed by atoms with Crippen LogP contribution in [0.5, 0.6) is 0 Å². The minimum atomic E-state index is -0.451. The molecule has 0 spiro atoms. The molecule has 0 aromatic heterocycles. The summed E-state index contributed by atoms with van der Waals surface area (Å²) in [7, 11) is 0. The smallest absolute Gasteiger partial charge is 0.407 e. The van der Waals surface area contributed by atoms with Crippen molar-refractivity contribution in [3.63, 3.8) is 0 Å². The minimum Gasteiger partial charge on any atom is -0.444 e. The normalized spacial score (nSPS) is 26.2. The fourth-order valence-electron chi connectivity index (χ4n) is 1.58. The molecule has 1 saturated heterocycles. The molecule has 1 amide bonds. The maximum absolute atomic E-state index is 11.4. The minimum absolute atomic E-state index is 0.264. The summed E-state index contributed by atoms with van der Waals surface area (Å²) in [5.41, 5.74) is 5.46. The van der Waals surface area contributed by atoms with E-state index in [2.05, 4.69) is 5.32 Å². The molecule has 0 aliphatic carbocycles. The third-order valence-electron chi connectivity index (χ3n) is 2.34. The molecule has 1 aliphatic rings. The molecule has 0 bridgehead atoms. The summed E-state index contributed by atoms with van der Waals surface area (Å²) in [5.74, 6) is 2.08. The lowest BCUT2D eigenvalue weighted by Gasteiger charge is -2.33. The van der Waals surface area contributed by atoms with Crippen LogP contribution in [-0.2, 0) is 4.74 Å². The first-order chi connectivity index (χ1) is 7.31. The van der Waals surface area contributed by atoms with Crippen LogP contribution < -0.4 is 11.1 Å². The molecule has 4 nitrogen and oxygen atoms in total. The highest BCUT2D eigenvalue weighted by molar-refractivity contribution is 7.99. The number of thioether (sulfide) groups is 1. The van der Waals surface area contributed by atoms with Gasteiger partial charge in [-0.15, -0.1) is 0 Å². The zero-order valence-corrected chi connectivity index (χ0v) is 11.2. The topological polar surface area (TPSA) is 64.3 Å². The molecular formula is C11H22N2O2S. The van der Waals surface area contributed by atoms with Crippen molar-refractivity contribution in [3.05, 3.63) is 0 Å². The number of rotatable bonds is 2. The first-order valence-corrected chi connectivity index (χ1v) is 6.80. The number of ether oxygens (including phenoxy) is 1. The van der Waals surface area contributed by atoms with Crippen LogP contribution in [0.2, 0.25) is 0 Å². The van der Waals surface area contributed by atoms with Crippen molar-refractivity contribution in [3.8, 4) is 0 Å². The molecule has 1 rings (SSSR count). The Labute approximate surface area is 102 Å². The van der Waals surface area contributed by atoms with Gasteiger partial charge in [-0.2, -0.15) is 11.8 Å². The molecule has 16 heavy (non-hydrogen) atoms. The monoisotopic (exact) mass is 246 g/mol. The summed E-state index contributed by atoms with van der Waals surface area (Å²) in [6, 6.07) is 0. The van der Waals surface area contributed by atoms with E-state index in [9.17, 15) is 4.79 Å². The fourth-order valence-corrected chi connectivity index (χ4v) is 2.72. The molecule has 0 radical (unpaired) electrons. The van der Waals surface area contributed by atoms with Gasteiger partial charge in [-0.25, -0.2) is 4.79 Å². The molecule has 1 atom stereocenters. The van der Waals surface area contributed by atoms with E-state index < -0.39 is 5.60 Å². The average Bonchev–Trinajstić information content (AvgIpc) is 2.14. The van der Waals surface area contributed by atoms with Crippen molar-refractivity contribution >= 4 is 17.9 Å². The quantitative estimate of drug-likeness (QED) is 0.779. The number of alkyl carbamates (subject to hydrolysis) is 1. The second kappa shape index (κ2) is 5.27. The van der Waals surface area contributed by atoms with E-state index in [1.54, 1.807) is 0 Å². The molecule has 0 aromatic carbocycles. The Balaban J connectivity index is 2.30. The molecule has 1 heterocycles. The number of carbonyl (C=O) groups is 1. The van der Waals surface area contributed by atoms with Gasteiger partial charge in [0.1, 0.15) is 5.60 Å². The molecule has 3 N–H and O–H groups in total. The van der Waals surface area contributed by atoms with E-state index in [1.807, 2.05) is 32.5 Å². The third kappa shape index (κ3) is 5.07. The molecule has 1 aliphatic heterocycles. The maximum Gasteiger partial charge on any atom is 0.407 e. The average molecular weight is 246 g/mol. The SMILES string of the molecule is CC(C)(C)OC(=O)NCC1(N)CCCSC1. The molecule has 0 aromatic rings. The summed E-state index contributed by atoms with van der Waals surface area (Å²) in [6.45, 7) is 6.04. The van der Waals surface area contributed by atoms with Crippen LogP contribution in [0.25, 0.3) is 0 Å². The first kappa shape index (κ1) is 13.6. The highest BCUT2D eigenvalue weighted by Gasteiger charge is 2.29. The largest absolute Gasteiger partial charge is 0.444 e. The maximum atomic E-state index is 11.4. The van der Waals surface area contributed by atoms with Crippen molar-refractivity contribution in [1.82, 2.24) is 5.32 Å². The summed E-state index contributed by atoms with van der Waals surface area (Å²) < 4.78 is 5.16. The molecular weight excluding hydrogens is 224 g/mol. The van der Waals surface area contributed by atoms with E-state index in [0.717, 1.165) is 18.6 Å². The van der Waals surface area contributed by atoms with Crippen LogP contribution >= 0.6 is 11.8 Å². The van der Waals surface area contributed by atoms with Crippen LogP contribution in [0.3, 0.4) is 0 Å². The van der Waals surface area contributed by atoms with E-state index in [-0.39, 0.29) is 11.6 Å². The second-order valence-corrected chi connectivity index (χ2v) is 6.48. The first-order valence-electron chi connectivity index (χ1n) is 5.64.